The first-order valence-corrected chi connectivity index (χ1v) is 5.18. The maximum Gasteiger partial charge on any atom is 0.109 e. The fourth-order valence-corrected chi connectivity index (χ4v) is 1.84. The van der Waals surface area contributed by atoms with Crippen LogP contribution in [0.5, 0.6) is 0 Å². The van der Waals surface area contributed by atoms with E-state index in [9.17, 15) is 8.76 Å². The maximum absolute atomic E-state index is 11.6. The van der Waals surface area contributed by atoms with Gasteiger partial charge in [-0.05, 0) is 26.0 Å². The van der Waals surface area contributed by atoms with Crippen LogP contribution in [-0.4, -0.2) is 13.6 Å². The Morgan fingerprint density at radius 1 is 1.25 bits per heavy atom. The number of benzene rings is 1. The predicted octanol–water partition coefficient (Wildman–Crippen LogP) is 2.02. The second kappa shape index (κ2) is 3.29. The van der Waals surface area contributed by atoms with Gasteiger partial charge in [0.15, 0.2) is 0 Å². The van der Waals surface area contributed by atoms with Crippen molar-refractivity contribution in [2.45, 2.75) is 18.7 Å². The summed E-state index contributed by atoms with van der Waals surface area (Å²) in [5, 5.41) is 0. The van der Waals surface area contributed by atoms with E-state index in [1.165, 1.54) is 0 Å². The van der Waals surface area contributed by atoms with E-state index in [-0.39, 0.29) is 0 Å². The van der Waals surface area contributed by atoms with Crippen LogP contribution < -0.4 is 0 Å². The maximum atomic E-state index is 11.6. The summed E-state index contributed by atoms with van der Waals surface area (Å²) in [5.74, 6) is 0. The lowest BCUT2D eigenvalue weighted by atomic mass is 10.4. The Morgan fingerprint density at radius 3 is 2.17 bits per heavy atom. The van der Waals surface area contributed by atoms with Crippen LogP contribution in [0.25, 0.3) is 0 Å². The summed E-state index contributed by atoms with van der Waals surface area (Å²) in [7, 11) is -2.91. The van der Waals surface area contributed by atoms with Crippen LogP contribution in [0, 0.1) is 0 Å². The standard InChI is InChI=1S/C9H12O2S/c1-8(2)12(10,11)9-6-4-3-5-7-9/h3-7H,1-2H3,(H,10,11). The van der Waals surface area contributed by atoms with Gasteiger partial charge < -0.3 is 4.55 Å². The Bertz CT molecular complexity index is 369. The second-order valence-corrected chi connectivity index (χ2v) is 5.09. The van der Waals surface area contributed by atoms with Gasteiger partial charge in [-0.25, -0.2) is 4.21 Å². The minimum atomic E-state index is -2.91. The SMILES string of the molecule is CC(C)=S(=O)(O)c1ccccc1. The Morgan fingerprint density at radius 2 is 1.75 bits per heavy atom. The molecule has 0 aromatic heterocycles. The van der Waals surface area contributed by atoms with E-state index in [0.29, 0.717) is 9.76 Å². The lowest BCUT2D eigenvalue weighted by molar-refractivity contribution is 0.559. The fraction of sp³-hybridized carbons (Fsp3) is 0.222. The third kappa shape index (κ3) is 1.68. The molecule has 1 unspecified atom stereocenters. The molecule has 0 aliphatic rings. The van der Waals surface area contributed by atoms with Gasteiger partial charge >= 0.3 is 0 Å². The molecule has 1 atom stereocenters. The van der Waals surface area contributed by atoms with Crippen molar-refractivity contribution >= 4 is 14.7 Å². The molecule has 66 valence electrons. The molecule has 0 saturated heterocycles. The van der Waals surface area contributed by atoms with E-state index in [1.807, 2.05) is 6.07 Å². The highest BCUT2D eigenvalue weighted by Crippen LogP contribution is 2.09. The molecular formula is C9H12O2S. The molecular weight excluding hydrogens is 172 g/mol. The molecule has 1 N–H and O–H groups in total. The Hall–Kier alpha value is -0.800. The van der Waals surface area contributed by atoms with Gasteiger partial charge in [0.05, 0.1) is 4.90 Å². The normalized spacial score (nSPS) is 15.2. The largest absolute Gasteiger partial charge is 0.310 e. The van der Waals surface area contributed by atoms with E-state index in [1.54, 1.807) is 38.1 Å². The summed E-state index contributed by atoms with van der Waals surface area (Å²) in [4.78, 5) is 1.01. The molecule has 0 spiro atoms. The topological polar surface area (TPSA) is 37.3 Å². The summed E-state index contributed by atoms with van der Waals surface area (Å²) in [5.41, 5.74) is 0. The van der Waals surface area contributed by atoms with Gasteiger partial charge in [-0.2, -0.15) is 0 Å². The molecule has 0 aliphatic carbocycles. The lowest BCUT2D eigenvalue weighted by Crippen LogP contribution is -2.07. The zero-order valence-electron chi connectivity index (χ0n) is 7.15. The molecule has 3 heteroatoms. The van der Waals surface area contributed by atoms with Gasteiger partial charge in [0, 0.05) is 4.86 Å². The van der Waals surface area contributed by atoms with E-state index >= 15 is 0 Å². The van der Waals surface area contributed by atoms with Crippen molar-refractivity contribution in [1.29, 1.82) is 0 Å². The van der Waals surface area contributed by atoms with E-state index < -0.39 is 9.80 Å². The molecule has 0 aliphatic heterocycles. The van der Waals surface area contributed by atoms with Gasteiger partial charge in [0.2, 0.25) is 0 Å². The highest BCUT2D eigenvalue weighted by molar-refractivity contribution is 7.97. The minimum absolute atomic E-state index is 0.477. The van der Waals surface area contributed by atoms with Gasteiger partial charge in [0.25, 0.3) is 0 Å². The van der Waals surface area contributed by atoms with Crippen LogP contribution in [0.15, 0.2) is 35.2 Å². The highest BCUT2D eigenvalue weighted by atomic mass is 32.2. The van der Waals surface area contributed by atoms with Crippen molar-refractivity contribution in [1.82, 2.24) is 0 Å². The summed E-state index contributed by atoms with van der Waals surface area (Å²) in [6.07, 6.45) is 0. The zero-order valence-corrected chi connectivity index (χ0v) is 7.97. The van der Waals surface area contributed by atoms with Crippen LogP contribution in [0.3, 0.4) is 0 Å². The molecule has 0 heterocycles. The number of rotatable bonds is 1. The second-order valence-electron chi connectivity index (χ2n) is 2.75. The van der Waals surface area contributed by atoms with Crippen molar-refractivity contribution in [2.75, 3.05) is 0 Å². The third-order valence-corrected chi connectivity index (χ3v) is 3.63. The molecule has 0 amide bonds. The van der Waals surface area contributed by atoms with Crippen molar-refractivity contribution < 1.29 is 8.76 Å². The fourth-order valence-electron chi connectivity index (χ4n) is 0.841. The van der Waals surface area contributed by atoms with Crippen LogP contribution in [-0.2, 0) is 9.80 Å². The van der Waals surface area contributed by atoms with Crippen LogP contribution in [0.4, 0.5) is 0 Å². The van der Waals surface area contributed by atoms with E-state index in [2.05, 4.69) is 0 Å². The van der Waals surface area contributed by atoms with Crippen molar-refractivity contribution in [3.05, 3.63) is 30.3 Å². The summed E-state index contributed by atoms with van der Waals surface area (Å²) >= 11 is 0. The highest BCUT2D eigenvalue weighted by Gasteiger charge is 2.06. The van der Waals surface area contributed by atoms with Gasteiger partial charge in [0.1, 0.15) is 9.80 Å². The van der Waals surface area contributed by atoms with Crippen LogP contribution in [0.1, 0.15) is 13.8 Å². The summed E-state index contributed by atoms with van der Waals surface area (Å²) < 4.78 is 21.2. The minimum Gasteiger partial charge on any atom is -0.310 e. The average molecular weight is 184 g/mol. The zero-order chi connectivity index (χ0) is 9.19. The molecule has 1 aromatic carbocycles. The summed E-state index contributed by atoms with van der Waals surface area (Å²) in [6.45, 7) is 3.32. The first kappa shape index (κ1) is 9.29. The Labute approximate surface area is 73.1 Å². The quantitative estimate of drug-likeness (QED) is 0.678. The molecule has 2 nitrogen and oxygen atoms in total. The lowest BCUT2D eigenvalue weighted by Gasteiger charge is -2.04. The average Bonchev–Trinajstić information content (AvgIpc) is 2.06. The van der Waals surface area contributed by atoms with Crippen molar-refractivity contribution in [2.24, 2.45) is 0 Å². The Kier molecular flexibility index (Phi) is 2.55. The molecule has 1 aromatic rings. The number of hydrogen-bond donors (Lipinski definition) is 1. The van der Waals surface area contributed by atoms with E-state index in [0.717, 1.165) is 0 Å². The first-order valence-electron chi connectivity index (χ1n) is 3.67. The van der Waals surface area contributed by atoms with Crippen LogP contribution in [0.2, 0.25) is 0 Å². The van der Waals surface area contributed by atoms with Gasteiger partial charge in [-0.3, -0.25) is 0 Å². The molecule has 0 bridgehead atoms. The number of hydrogen-bond acceptors (Lipinski definition) is 1. The molecule has 0 radical (unpaired) electrons. The van der Waals surface area contributed by atoms with Crippen molar-refractivity contribution in [3.63, 3.8) is 0 Å². The third-order valence-electron chi connectivity index (χ3n) is 1.62. The molecule has 0 fully saturated rings. The molecule has 1 rings (SSSR count). The first-order chi connectivity index (χ1) is 5.55. The van der Waals surface area contributed by atoms with Crippen LogP contribution >= 0.6 is 0 Å². The predicted molar refractivity (Wildman–Crippen MR) is 51.8 cm³/mol. The molecule has 12 heavy (non-hydrogen) atoms. The van der Waals surface area contributed by atoms with Gasteiger partial charge in [-0.1, -0.05) is 18.2 Å². The summed E-state index contributed by atoms with van der Waals surface area (Å²) in [6, 6.07) is 8.66. The Balaban J connectivity index is 3.36. The smallest absolute Gasteiger partial charge is 0.109 e. The van der Waals surface area contributed by atoms with Crippen molar-refractivity contribution in [3.8, 4) is 0 Å². The molecule has 0 saturated carbocycles. The monoisotopic (exact) mass is 184 g/mol. The van der Waals surface area contributed by atoms with E-state index in [4.69, 9.17) is 0 Å². The van der Waals surface area contributed by atoms with Gasteiger partial charge in [-0.15, -0.1) is 0 Å².